The van der Waals surface area contributed by atoms with Crippen LogP contribution in [0.15, 0.2) is 23.3 Å². The van der Waals surface area contributed by atoms with Crippen LogP contribution in [0.2, 0.25) is 0 Å². The number of hydrogen-bond donors (Lipinski definition) is 0. The van der Waals surface area contributed by atoms with Crippen LogP contribution in [0.5, 0.6) is 0 Å². The Kier molecular flexibility index (Phi) is 3.60. The van der Waals surface area contributed by atoms with Crippen molar-refractivity contribution in [1.82, 2.24) is 0 Å². The summed E-state index contributed by atoms with van der Waals surface area (Å²) in [6, 6.07) is 0. The molecule has 0 amide bonds. The van der Waals surface area contributed by atoms with E-state index in [9.17, 15) is 9.18 Å². The summed E-state index contributed by atoms with van der Waals surface area (Å²) in [5.74, 6) is 1.87. The number of carbonyl (C=O) groups excluding carboxylic acids is 1. The van der Waals surface area contributed by atoms with Crippen molar-refractivity contribution in [2.75, 3.05) is 0 Å². The van der Waals surface area contributed by atoms with E-state index in [1.54, 1.807) is 0 Å². The molecule has 0 aromatic carbocycles. The molecular weight excluding hydrogens is 239 g/mol. The van der Waals surface area contributed by atoms with Crippen molar-refractivity contribution in [3.8, 4) is 0 Å². The largest absolute Gasteiger partial charge is 0.303 e. The topological polar surface area (TPSA) is 17.1 Å². The highest BCUT2D eigenvalue weighted by Gasteiger charge is 2.39. The van der Waals surface area contributed by atoms with E-state index in [-0.39, 0.29) is 5.92 Å². The Morgan fingerprint density at radius 1 is 1.32 bits per heavy atom. The van der Waals surface area contributed by atoms with Crippen molar-refractivity contribution in [2.24, 2.45) is 23.7 Å². The van der Waals surface area contributed by atoms with Crippen LogP contribution in [0.1, 0.15) is 45.4 Å². The van der Waals surface area contributed by atoms with Crippen LogP contribution in [0.3, 0.4) is 0 Å². The molecule has 0 aromatic rings. The lowest BCUT2D eigenvalue weighted by Gasteiger charge is -2.34. The normalized spacial score (nSPS) is 39.5. The molecule has 3 aliphatic rings. The van der Waals surface area contributed by atoms with Crippen LogP contribution in [-0.2, 0) is 4.79 Å². The predicted molar refractivity (Wildman–Crippen MR) is 74.5 cm³/mol. The Labute approximate surface area is 115 Å². The molecule has 0 bridgehead atoms. The summed E-state index contributed by atoms with van der Waals surface area (Å²) in [7, 11) is 0. The fraction of sp³-hybridized carbons (Fsp3) is 0.706. The first kappa shape index (κ1) is 13.1. The van der Waals surface area contributed by atoms with E-state index >= 15 is 0 Å². The SMILES string of the molecule is C[C@H]1C=C(C2=CC[C@H](F)CC2)[C@@H](C2CC2)CC1C=O. The third-order valence-electron chi connectivity index (χ3n) is 5.13. The average molecular weight is 262 g/mol. The van der Waals surface area contributed by atoms with Crippen LogP contribution in [-0.4, -0.2) is 12.5 Å². The lowest BCUT2D eigenvalue weighted by atomic mass is 9.71. The zero-order valence-corrected chi connectivity index (χ0v) is 11.6. The number of carbonyl (C=O) groups is 1. The van der Waals surface area contributed by atoms with Crippen LogP contribution in [0.25, 0.3) is 0 Å². The molecule has 104 valence electrons. The van der Waals surface area contributed by atoms with Crippen LogP contribution >= 0.6 is 0 Å². The fourth-order valence-electron chi connectivity index (χ4n) is 3.70. The molecule has 19 heavy (non-hydrogen) atoms. The predicted octanol–water partition coefficient (Wildman–Crippen LogP) is 4.24. The van der Waals surface area contributed by atoms with Gasteiger partial charge in [0.2, 0.25) is 0 Å². The van der Waals surface area contributed by atoms with Crippen LogP contribution < -0.4 is 0 Å². The van der Waals surface area contributed by atoms with Crippen molar-refractivity contribution in [1.29, 1.82) is 0 Å². The lowest BCUT2D eigenvalue weighted by Crippen LogP contribution is -2.26. The molecule has 0 N–H and O–H groups in total. The molecule has 0 saturated heterocycles. The Hall–Kier alpha value is -0.920. The van der Waals surface area contributed by atoms with Gasteiger partial charge in [0.15, 0.2) is 0 Å². The standard InChI is InChI=1S/C17H23FO/c1-11-8-16(13-4-6-15(18)7-5-13)17(12-2-3-12)9-14(11)10-19/h4,8,10-12,14-15,17H,2-3,5-7,9H2,1H3/t11-,14?,15-,17+/m0/s1. The summed E-state index contributed by atoms with van der Waals surface area (Å²) in [6.45, 7) is 2.14. The molecule has 2 heteroatoms. The quantitative estimate of drug-likeness (QED) is 0.695. The van der Waals surface area contributed by atoms with Gasteiger partial charge >= 0.3 is 0 Å². The van der Waals surface area contributed by atoms with Gasteiger partial charge in [0.05, 0.1) is 0 Å². The molecule has 1 fully saturated rings. The monoisotopic (exact) mass is 262 g/mol. The van der Waals surface area contributed by atoms with Crippen LogP contribution in [0.4, 0.5) is 4.39 Å². The van der Waals surface area contributed by atoms with Gasteiger partial charge in [-0.05, 0) is 67.4 Å². The summed E-state index contributed by atoms with van der Waals surface area (Å²) in [5, 5.41) is 0. The minimum absolute atomic E-state index is 0.187. The second-order valence-electron chi connectivity index (χ2n) is 6.56. The van der Waals surface area contributed by atoms with E-state index in [2.05, 4.69) is 19.1 Å². The highest BCUT2D eigenvalue weighted by molar-refractivity contribution is 5.56. The number of halogens is 1. The molecule has 0 aliphatic heterocycles. The van der Waals surface area contributed by atoms with E-state index in [1.165, 1.54) is 24.0 Å². The first-order valence-electron chi connectivity index (χ1n) is 7.69. The molecule has 0 heterocycles. The van der Waals surface area contributed by atoms with Gasteiger partial charge in [-0.2, -0.15) is 0 Å². The third kappa shape index (κ3) is 2.68. The minimum atomic E-state index is -0.646. The number of aldehydes is 1. The second kappa shape index (κ2) is 5.22. The molecule has 1 nitrogen and oxygen atoms in total. The van der Waals surface area contributed by atoms with E-state index in [4.69, 9.17) is 0 Å². The Morgan fingerprint density at radius 3 is 2.68 bits per heavy atom. The van der Waals surface area contributed by atoms with E-state index in [0.29, 0.717) is 24.7 Å². The van der Waals surface area contributed by atoms with E-state index < -0.39 is 6.17 Å². The Morgan fingerprint density at radius 2 is 2.11 bits per heavy atom. The van der Waals surface area contributed by atoms with Crippen molar-refractivity contribution in [3.63, 3.8) is 0 Å². The summed E-state index contributed by atoms with van der Waals surface area (Å²) in [5.41, 5.74) is 2.84. The maximum atomic E-state index is 13.3. The molecule has 1 unspecified atom stereocenters. The molecule has 4 atom stereocenters. The first-order valence-corrected chi connectivity index (χ1v) is 7.69. The molecular formula is C17H23FO. The summed E-state index contributed by atoms with van der Waals surface area (Å²) < 4.78 is 13.3. The minimum Gasteiger partial charge on any atom is -0.303 e. The zero-order chi connectivity index (χ0) is 13.4. The van der Waals surface area contributed by atoms with Gasteiger partial charge in [-0.1, -0.05) is 19.1 Å². The molecule has 3 rings (SSSR count). The number of alkyl halides is 1. The molecule has 1 saturated carbocycles. The first-order chi connectivity index (χ1) is 9.19. The number of allylic oxidation sites excluding steroid dienone is 4. The molecule has 3 aliphatic carbocycles. The Balaban J connectivity index is 1.86. The smallest absolute Gasteiger partial charge is 0.123 e. The summed E-state index contributed by atoms with van der Waals surface area (Å²) >= 11 is 0. The van der Waals surface area contributed by atoms with Gasteiger partial charge in [-0.3, -0.25) is 0 Å². The van der Waals surface area contributed by atoms with Crippen molar-refractivity contribution in [3.05, 3.63) is 23.3 Å². The summed E-state index contributed by atoms with van der Waals surface area (Å²) in [6.07, 6.45) is 10.7. The van der Waals surface area contributed by atoms with Gasteiger partial charge in [-0.15, -0.1) is 0 Å². The maximum Gasteiger partial charge on any atom is 0.123 e. The van der Waals surface area contributed by atoms with E-state index in [0.717, 1.165) is 25.0 Å². The highest BCUT2D eigenvalue weighted by atomic mass is 19.1. The van der Waals surface area contributed by atoms with Crippen molar-refractivity contribution < 1.29 is 9.18 Å². The van der Waals surface area contributed by atoms with Crippen molar-refractivity contribution >= 4 is 6.29 Å². The van der Waals surface area contributed by atoms with Gasteiger partial charge in [-0.25, -0.2) is 4.39 Å². The van der Waals surface area contributed by atoms with Gasteiger partial charge in [0.1, 0.15) is 12.5 Å². The Bertz CT molecular complexity index is 419. The molecule has 0 radical (unpaired) electrons. The van der Waals surface area contributed by atoms with E-state index in [1.807, 2.05) is 0 Å². The molecule has 0 aromatic heterocycles. The van der Waals surface area contributed by atoms with Gasteiger partial charge in [0.25, 0.3) is 0 Å². The number of rotatable bonds is 3. The zero-order valence-electron chi connectivity index (χ0n) is 11.6. The number of hydrogen-bond acceptors (Lipinski definition) is 1. The van der Waals surface area contributed by atoms with Gasteiger partial charge < -0.3 is 4.79 Å². The third-order valence-corrected chi connectivity index (χ3v) is 5.13. The average Bonchev–Trinajstić information content (AvgIpc) is 3.24. The van der Waals surface area contributed by atoms with Gasteiger partial charge in [0, 0.05) is 5.92 Å². The van der Waals surface area contributed by atoms with Crippen molar-refractivity contribution in [2.45, 2.75) is 51.6 Å². The fourth-order valence-corrected chi connectivity index (χ4v) is 3.70. The maximum absolute atomic E-state index is 13.3. The highest BCUT2D eigenvalue weighted by Crippen LogP contribution is 2.49. The lowest BCUT2D eigenvalue weighted by molar-refractivity contribution is -0.112. The van der Waals surface area contributed by atoms with Crippen LogP contribution in [0, 0.1) is 23.7 Å². The summed E-state index contributed by atoms with van der Waals surface area (Å²) in [4.78, 5) is 11.2. The second-order valence-corrected chi connectivity index (χ2v) is 6.56. The molecule has 0 spiro atoms.